The Balaban J connectivity index is 2.17. The van der Waals surface area contributed by atoms with E-state index < -0.39 is 0 Å². The van der Waals surface area contributed by atoms with E-state index in [9.17, 15) is 0 Å². The lowest BCUT2D eigenvalue weighted by Gasteiger charge is -2.38. The monoisotopic (exact) mass is 275 g/mol. The Bertz CT molecular complexity index is 372. The first-order chi connectivity index (χ1) is 9.80. The van der Waals surface area contributed by atoms with Gasteiger partial charge in [-0.1, -0.05) is 44.2 Å². The van der Waals surface area contributed by atoms with Gasteiger partial charge in [-0.3, -0.25) is 0 Å². The van der Waals surface area contributed by atoms with Crippen molar-refractivity contribution in [3.05, 3.63) is 35.9 Å². The maximum Gasteiger partial charge on any atom is 0.0468 e. The van der Waals surface area contributed by atoms with Crippen molar-refractivity contribution in [2.45, 2.75) is 44.9 Å². The lowest BCUT2D eigenvalue weighted by atomic mass is 9.70. The van der Waals surface area contributed by atoms with Gasteiger partial charge in [0.1, 0.15) is 0 Å². The summed E-state index contributed by atoms with van der Waals surface area (Å²) in [4.78, 5) is 0. The average molecular weight is 275 g/mol. The summed E-state index contributed by atoms with van der Waals surface area (Å²) in [5.41, 5.74) is 1.77. The second-order valence-electron chi connectivity index (χ2n) is 6.04. The van der Waals surface area contributed by atoms with Crippen LogP contribution in [0.4, 0.5) is 0 Å². The van der Waals surface area contributed by atoms with E-state index in [1.54, 1.807) is 0 Å². The molecule has 2 rings (SSSR count). The van der Waals surface area contributed by atoms with E-state index in [0.717, 1.165) is 32.2 Å². The van der Waals surface area contributed by atoms with E-state index in [2.05, 4.69) is 49.5 Å². The summed E-state index contributed by atoms with van der Waals surface area (Å²) in [7, 11) is 0. The molecule has 0 saturated carbocycles. The number of likely N-dealkylation sites (N-methyl/N-ethyl adjacent to an activating group) is 1. The third-order valence-electron chi connectivity index (χ3n) is 4.80. The van der Waals surface area contributed by atoms with Crippen LogP contribution in [0.15, 0.2) is 30.3 Å². The minimum Gasteiger partial charge on any atom is -0.381 e. The van der Waals surface area contributed by atoms with Gasteiger partial charge >= 0.3 is 0 Å². The molecule has 0 aliphatic carbocycles. The van der Waals surface area contributed by atoms with Crippen LogP contribution in [0, 0.1) is 5.92 Å². The SMILES string of the molecule is CCNCC(CC)(CC1CCOCC1)c1ccccc1. The Morgan fingerprint density at radius 3 is 2.45 bits per heavy atom. The normalized spacial score (nSPS) is 19.7. The molecule has 1 heterocycles. The highest BCUT2D eigenvalue weighted by atomic mass is 16.5. The van der Waals surface area contributed by atoms with Crippen LogP contribution >= 0.6 is 0 Å². The van der Waals surface area contributed by atoms with Crippen LogP contribution in [-0.2, 0) is 10.2 Å². The van der Waals surface area contributed by atoms with Crippen molar-refractivity contribution >= 4 is 0 Å². The van der Waals surface area contributed by atoms with Crippen molar-refractivity contribution in [3.63, 3.8) is 0 Å². The molecule has 112 valence electrons. The second kappa shape index (κ2) is 7.80. The van der Waals surface area contributed by atoms with E-state index in [1.165, 1.54) is 31.2 Å². The quantitative estimate of drug-likeness (QED) is 0.818. The summed E-state index contributed by atoms with van der Waals surface area (Å²) < 4.78 is 5.52. The van der Waals surface area contributed by atoms with Crippen LogP contribution < -0.4 is 5.32 Å². The molecule has 1 aliphatic heterocycles. The van der Waals surface area contributed by atoms with Crippen molar-refractivity contribution in [3.8, 4) is 0 Å². The fraction of sp³-hybridized carbons (Fsp3) is 0.667. The van der Waals surface area contributed by atoms with Crippen molar-refractivity contribution < 1.29 is 4.74 Å². The van der Waals surface area contributed by atoms with Crippen molar-refractivity contribution in [1.29, 1.82) is 0 Å². The van der Waals surface area contributed by atoms with Crippen LogP contribution in [0.3, 0.4) is 0 Å². The summed E-state index contributed by atoms with van der Waals surface area (Å²) in [6.07, 6.45) is 4.92. The molecule has 1 saturated heterocycles. The lowest BCUT2D eigenvalue weighted by molar-refractivity contribution is 0.0549. The zero-order valence-electron chi connectivity index (χ0n) is 13.0. The molecule has 1 atom stereocenters. The molecule has 1 aromatic rings. The van der Waals surface area contributed by atoms with Crippen LogP contribution in [0.1, 0.15) is 45.1 Å². The van der Waals surface area contributed by atoms with E-state index in [1.807, 2.05) is 0 Å². The average Bonchev–Trinajstić information content (AvgIpc) is 2.53. The molecule has 0 aromatic heterocycles. The maximum atomic E-state index is 5.52. The molecule has 1 fully saturated rings. The highest BCUT2D eigenvalue weighted by molar-refractivity contribution is 5.26. The van der Waals surface area contributed by atoms with Crippen LogP contribution in [0.5, 0.6) is 0 Å². The van der Waals surface area contributed by atoms with Crippen LogP contribution in [0.25, 0.3) is 0 Å². The van der Waals surface area contributed by atoms with E-state index >= 15 is 0 Å². The van der Waals surface area contributed by atoms with Gasteiger partial charge in [-0.2, -0.15) is 0 Å². The molecule has 0 amide bonds. The number of rotatable bonds is 7. The van der Waals surface area contributed by atoms with Gasteiger partial charge in [0.25, 0.3) is 0 Å². The molecule has 2 heteroatoms. The number of benzene rings is 1. The molecular formula is C18H29NO. The molecule has 1 N–H and O–H groups in total. The first-order valence-corrected chi connectivity index (χ1v) is 8.14. The van der Waals surface area contributed by atoms with Gasteiger partial charge in [0.15, 0.2) is 0 Å². The molecule has 0 radical (unpaired) electrons. The summed E-state index contributed by atoms with van der Waals surface area (Å²) in [5.74, 6) is 0.808. The predicted molar refractivity (Wildman–Crippen MR) is 85.1 cm³/mol. The van der Waals surface area contributed by atoms with Gasteiger partial charge in [0, 0.05) is 25.2 Å². The summed E-state index contributed by atoms with van der Waals surface area (Å²) in [5, 5.41) is 3.60. The summed E-state index contributed by atoms with van der Waals surface area (Å²) >= 11 is 0. The predicted octanol–water partition coefficient (Wildman–Crippen LogP) is 3.76. The molecular weight excluding hydrogens is 246 g/mol. The largest absolute Gasteiger partial charge is 0.381 e. The summed E-state index contributed by atoms with van der Waals surface area (Å²) in [6, 6.07) is 11.1. The Hall–Kier alpha value is -0.860. The number of hydrogen-bond donors (Lipinski definition) is 1. The third-order valence-corrected chi connectivity index (χ3v) is 4.80. The second-order valence-corrected chi connectivity index (χ2v) is 6.04. The molecule has 0 bridgehead atoms. The van der Waals surface area contributed by atoms with Crippen LogP contribution in [-0.4, -0.2) is 26.3 Å². The lowest BCUT2D eigenvalue weighted by Crippen LogP contribution is -2.40. The molecule has 0 spiro atoms. The topological polar surface area (TPSA) is 21.3 Å². The van der Waals surface area contributed by atoms with Gasteiger partial charge in [-0.05, 0) is 43.7 Å². The highest BCUT2D eigenvalue weighted by Gasteiger charge is 2.33. The Morgan fingerprint density at radius 2 is 1.85 bits per heavy atom. The Labute approximate surface area is 123 Å². The minimum atomic E-state index is 0.277. The molecule has 1 aromatic carbocycles. The van der Waals surface area contributed by atoms with E-state index in [4.69, 9.17) is 4.74 Å². The number of ether oxygens (including phenoxy) is 1. The molecule has 2 nitrogen and oxygen atoms in total. The molecule has 20 heavy (non-hydrogen) atoms. The molecule has 1 unspecified atom stereocenters. The summed E-state index contributed by atoms with van der Waals surface area (Å²) in [6.45, 7) is 8.55. The zero-order chi connectivity index (χ0) is 14.3. The first kappa shape index (κ1) is 15.5. The number of hydrogen-bond acceptors (Lipinski definition) is 2. The Morgan fingerprint density at radius 1 is 1.15 bits per heavy atom. The fourth-order valence-corrected chi connectivity index (χ4v) is 3.42. The molecule has 1 aliphatic rings. The smallest absolute Gasteiger partial charge is 0.0468 e. The van der Waals surface area contributed by atoms with Crippen molar-refractivity contribution in [2.75, 3.05) is 26.3 Å². The highest BCUT2D eigenvalue weighted by Crippen LogP contribution is 2.37. The maximum absolute atomic E-state index is 5.52. The van der Waals surface area contributed by atoms with Crippen LogP contribution in [0.2, 0.25) is 0 Å². The van der Waals surface area contributed by atoms with Gasteiger partial charge in [0.2, 0.25) is 0 Å². The van der Waals surface area contributed by atoms with Crippen molar-refractivity contribution in [1.82, 2.24) is 5.32 Å². The van der Waals surface area contributed by atoms with Gasteiger partial charge < -0.3 is 10.1 Å². The van der Waals surface area contributed by atoms with Gasteiger partial charge in [0.05, 0.1) is 0 Å². The van der Waals surface area contributed by atoms with E-state index in [-0.39, 0.29) is 5.41 Å². The Kier molecular flexibility index (Phi) is 6.06. The van der Waals surface area contributed by atoms with E-state index in [0.29, 0.717) is 0 Å². The van der Waals surface area contributed by atoms with Crippen molar-refractivity contribution in [2.24, 2.45) is 5.92 Å². The minimum absolute atomic E-state index is 0.277. The fourth-order valence-electron chi connectivity index (χ4n) is 3.42. The standard InChI is InChI=1S/C18H29NO/c1-3-18(15-19-4-2,17-8-6-5-7-9-17)14-16-10-12-20-13-11-16/h5-9,16,19H,3-4,10-15H2,1-2H3. The zero-order valence-corrected chi connectivity index (χ0v) is 13.0. The number of nitrogens with one attached hydrogen (secondary N) is 1. The first-order valence-electron chi connectivity index (χ1n) is 8.14. The third kappa shape index (κ3) is 3.83. The van der Waals surface area contributed by atoms with Gasteiger partial charge in [-0.15, -0.1) is 0 Å². The van der Waals surface area contributed by atoms with Gasteiger partial charge in [-0.25, -0.2) is 0 Å².